The van der Waals surface area contributed by atoms with Crippen molar-refractivity contribution in [2.24, 2.45) is 7.05 Å². The van der Waals surface area contributed by atoms with Crippen molar-refractivity contribution in [2.45, 2.75) is 6.92 Å². The quantitative estimate of drug-likeness (QED) is 0.673. The maximum atomic E-state index is 4.44. The van der Waals surface area contributed by atoms with Crippen LogP contribution in [0, 0.1) is 6.92 Å². The second-order valence-electron chi connectivity index (χ2n) is 5.06. The first kappa shape index (κ1) is 13.3. The van der Waals surface area contributed by atoms with E-state index in [0.29, 0.717) is 0 Å². The second kappa shape index (κ2) is 5.75. The van der Waals surface area contributed by atoms with E-state index in [0.717, 1.165) is 17.2 Å². The summed E-state index contributed by atoms with van der Waals surface area (Å²) in [5, 5.41) is 0. The molecule has 0 saturated carbocycles. The van der Waals surface area contributed by atoms with Gasteiger partial charge in [0.25, 0.3) is 0 Å². The molecule has 0 spiro atoms. The molecular weight excluding hydrogens is 258 g/mol. The maximum absolute atomic E-state index is 4.44. The van der Waals surface area contributed by atoms with Crippen LogP contribution in [0.3, 0.4) is 0 Å². The van der Waals surface area contributed by atoms with Crippen molar-refractivity contribution in [3.8, 4) is 5.82 Å². The van der Waals surface area contributed by atoms with Gasteiger partial charge in [-0.1, -0.05) is 0 Å². The van der Waals surface area contributed by atoms with Crippen molar-refractivity contribution in [2.75, 3.05) is 0 Å². The van der Waals surface area contributed by atoms with Crippen LogP contribution in [0.15, 0.2) is 61.1 Å². The lowest BCUT2D eigenvalue weighted by atomic mass is 10.2. The van der Waals surface area contributed by atoms with E-state index in [1.807, 2.05) is 49.9 Å². The molecule has 3 aromatic heterocycles. The van der Waals surface area contributed by atoms with Crippen molar-refractivity contribution >= 4 is 12.2 Å². The summed E-state index contributed by atoms with van der Waals surface area (Å²) in [6.45, 7) is 2.08. The average Bonchev–Trinajstić information content (AvgIpc) is 2.95. The highest BCUT2D eigenvalue weighted by Crippen LogP contribution is 2.14. The zero-order chi connectivity index (χ0) is 14.7. The molecule has 0 bridgehead atoms. The lowest BCUT2D eigenvalue weighted by Gasteiger charge is -2.05. The van der Waals surface area contributed by atoms with Crippen LogP contribution in [-0.4, -0.2) is 9.55 Å². The van der Waals surface area contributed by atoms with Crippen molar-refractivity contribution < 1.29 is 4.57 Å². The molecule has 0 aliphatic rings. The van der Waals surface area contributed by atoms with E-state index in [9.17, 15) is 0 Å². The minimum absolute atomic E-state index is 0.942. The molecule has 3 heteroatoms. The van der Waals surface area contributed by atoms with E-state index in [1.54, 1.807) is 0 Å². The monoisotopic (exact) mass is 276 g/mol. The minimum atomic E-state index is 0.942. The summed E-state index contributed by atoms with van der Waals surface area (Å²) in [5.74, 6) is 0.942. The molecule has 0 amide bonds. The van der Waals surface area contributed by atoms with Gasteiger partial charge in [-0.15, -0.1) is 0 Å². The van der Waals surface area contributed by atoms with Gasteiger partial charge in [-0.3, -0.25) is 0 Å². The number of rotatable bonds is 3. The highest BCUT2D eigenvalue weighted by atomic mass is 15.0. The molecule has 0 N–H and O–H groups in total. The molecule has 3 heterocycles. The average molecular weight is 276 g/mol. The van der Waals surface area contributed by atoms with Crippen molar-refractivity contribution in [1.29, 1.82) is 0 Å². The van der Waals surface area contributed by atoms with Crippen molar-refractivity contribution in [1.82, 2.24) is 9.55 Å². The summed E-state index contributed by atoms with van der Waals surface area (Å²) in [7, 11) is 2.04. The Bertz CT molecular complexity index is 784. The number of aryl methyl sites for hydroxylation is 2. The molecule has 104 valence electrons. The molecule has 0 aliphatic carbocycles. The summed E-state index contributed by atoms with van der Waals surface area (Å²) >= 11 is 0. The summed E-state index contributed by atoms with van der Waals surface area (Å²) in [6, 6.07) is 14.4. The summed E-state index contributed by atoms with van der Waals surface area (Å²) in [6.07, 6.45) is 10.1. The van der Waals surface area contributed by atoms with E-state index in [4.69, 9.17) is 0 Å². The van der Waals surface area contributed by atoms with Crippen LogP contribution in [0.4, 0.5) is 0 Å². The van der Waals surface area contributed by atoms with Gasteiger partial charge in [-0.2, -0.15) is 0 Å². The molecular formula is C18H18N3+. The number of pyridine rings is 2. The third kappa shape index (κ3) is 2.92. The van der Waals surface area contributed by atoms with E-state index in [-0.39, 0.29) is 0 Å². The van der Waals surface area contributed by atoms with Gasteiger partial charge < -0.3 is 4.57 Å². The minimum Gasteiger partial charge on any atom is -0.302 e. The second-order valence-corrected chi connectivity index (χ2v) is 5.06. The highest BCUT2D eigenvalue weighted by molar-refractivity contribution is 5.66. The van der Waals surface area contributed by atoms with Gasteiger partial charge in [0.05, 0.1) is 0 Å². The molecule has 0 aromatic carbocycles. The first-order valence-electron chi connectivity index (χ1n) is 6.97. The van der Waals surface area contributed by atoms with E-state index < -0.39 is 0 Å². The molecule has 0 unspecified atom stereocenters. The van der Waals surface area contributed by atoms with Gasteiger partial charge in [-0.25, -0.2) is 9.55 Å². The molecule has 0 fully saturated rings. The lowest BCUT2D eigenvalue weighted by molar-refractivity contribution is -0.673. The third-order valence-electron chi connectivity index (χ3n) is 3.45. The fourth-order valence-electron chi connectivity index (χ4n) is 2.27. The molecule has 3 nitrogen and oxygen atoms in total. The Hall–Kier alpha value is -2.68. The Kier molecular flexibility index (Phi) is 3.65. The van der Waals surface area contributed by atoms with Crippen LogP contribution < -0.4 is 4.57 Å². The third-order valence-corrected chi connectivity index (χ3v) is 3.45. The largest absolute Gasteiger partial charge is 0.302 e. The van der Waals surface area contributed by atoms with E-state index >= 15 is 0 Å². The van der Waals surface area contributed by atoms with Gasteiger partial charge in [-0.05, 0) is 48.9 Å². The van der Waals surface area contributed by atoms with Crippen molar-refractivity contribution in [3.63, 3.8) is 0 Å². The molecule has 0 saturated heterocycles. The lowest BCUT2D eigenvalue weighted by Crippen LogP contribution is -2.30. The molecule has 3 aromatic rings. The van der Waals surface area contributed by atoms with Gasteiger partial charge >= 0.3 is 0 Å². The fourth-order valence-corrected chi connectivity index (χ4v) is 2.27. The van der Waals surface area contributed by atoms with E-state index in [1.165, 1.54) is 5.56 Å². The SMILES string of the molecule is Cc1ccnc(-n2cccc2/C=C/c2cccc[n+]2C)c1. The predicted molar refractivity (Wildman–Crippen MR) is 84.8 cm³/mol. The predicted octanol–water partition coefficient (Wildman–Crippen LogP) is 3.18. The van der Waals surface area contributed by atoms with Crippen LogP contribution in [0.5, 0.6) is 0 Å². The number of aromatic nitrogens is 3. The molecule has 0 atom stereocenters. The molecule has 0 radical (unpaired) electrons. The Morgan fingerprint density at radius 1 is 1.10 bits per heavy atom. The molecule has 21 heavy (non-hydrogen) atoms. The number of nitrogens with zero attached hydrogens (tertiary/aromatic N) is 3. The maximum Gasteiger partial charge on any atom is 0.204 e. The first-order valence-corrected chi connectivity index (χ1v) is 6.97. The van der Waals surface area contributed by atoms with Gasteiger partial charge in [0.2, 0.25) is 5.69 Å². The summed E-state index contributed by atoms with van der Waals surface area (Å²) in [4.78, 5) is 4.44. The number of hydrogen-bond acceptors (Lipinski definition) is 1. The van der Waals surface area contributed by atoms with Crippen LogP contribution >= 0.6 is 0 Å². The van der Waals surface area contributed by atoms with Gasteiger partial charge in [0.15, 0.2) is 6.20 Å². The fraction of sp³-hybridized carbons (Fsp3) is 0.111. The summed E-state index contributed by atoms with van der Waals surface area (Å²) < 4.78 is 4.18. The number of hydrogen-bond donors (Lipinski definition) is 0. The normalized spacial score (nSPS) is 11.1. The van der Waals surface area contributed by atoms with Crippen LogP contribution in [-0.2, 0) is 7.05 Å². The van der Waals surface area contributed by atoms with Crippen LogP contribution in [0.25, 0.3) is 18.0 Å². The van der Waals surface area contributed by atoms with Gasteiger partial charge in [0.1, 0.15) is 12.9 Å². The molecule has 3 rings (SSSR count). The summed E-state index contributed by atoms with van der Waals surface area (Å²) in [5.41, 5.74) is 3.47. The van der Waals surface area contributed by atoms with Crippen molar-refractivity contribution in [3.05, 3.63) is 78.0 Å². The molecule has 0 aliphatic heterocycles. The Morgan fingerprint density at radius 2 is 2.00 bits per heavy atom. The van der Waals surface area contributed by atoms with Crippen LogP contribution in [0.1, 0.15) is 17.0 Å². The van der Waals surface area contributed by atoms with Crippen LogP contribution in [0.2, 0.25) is 0 Å². The zero-order valence-corrected chi connectivity index (χ0v) is 12.3. The zero-order valence-electron chi connectivity index (χ0n) is 12.3. The topological polar surface area (TPSA) is 21.7 Å². The Morgan fingerprint density at radius 3 is 2.81 bits per heavy atom. The standard InChI is InChI=1S/C18H18N3/c1-15-10-11-19-18(14-15)21-13-5-7-17(21)9-8-16-6-3-4-12-20(16)2/h3-14H,1-2H3/q+1. The van der Waals surface area contributed by atoms with Gasteiger partial charge in [0, 0.05) is 36.3 Å². The highest BCUT2D eigenvalue weighted by Gasteiger charge is 2.04. The Labute approximate surface area is 124 Å². The first-order chi connectivity index (χ1) is 10.2. The van der Waals surface area contributed by atoms with E-state index in [2.05, 4.69) is 51.4 Å². The Balaban J connectivity index is 1.95. The smallest absolute Gasteiger partial charge is 0.204 e.